The molecule has 22 heavy (non-hydrogen) atoms. The molecule has 0 saturated carbocycles. The van der Waals surface area contributed by atoms with E-state index in [-0.39, 0.29) is 6.09 Å². The van der Waals surface area contributed by atoms with Crippen LogP contribution < -0.4 is 5.73 Å². The SMILES string of the molecule is CC(C)(C)OC(=O)N1CCC(O)(C(N)c2ccccc2)CC1. The second-order valence-electron chi connectivity index (χ2n) is 6.96. The van der Waals surface area contributed by atoms with Crippen molar-refractivity contribution in [2.45, 2.75) is 50.9 Å². The van der Waals surface area contributed by atoms with Gasteiger partial charge in [-0.3, -0.25) is 0 Å². The molecule has 0 aromatic heterocycles. The van der Waals surface area contributed by atoms with Gasteiger partial charge in [-0.25, -0.2) is 4.79 Å². The number of hydrogen-bond acceptors (Lipinski definition) is 4. The van der Waals surface area contributed by atoms with Gasteiger partial charge in [-0.15, -0.1) is 0 Å². The average molecular weight is 306 g/mol. The van der Waals surface area contributed by atoms with Crippen molar-refractivity contribution in [3.63, 3.8) is 0 Å². The summed E-state index contributed by atoms with van der Waals surface area (Å²) in [6, 6.07) is 9.13. The second-order valence-corrected chi connectivity index (χ2v) is 6.96. The van der Waals surface area contributed by atoms with E-state index >= 15 is 0 Å². The molecule has 1 aliphatic heterocycles. The van der Waals surface area contributed by atoms with E-state index in [1.165, 1.54) is 0 Å². The van der Waals surface area contributed by atoms with Crippen molar-refractivity contribution in [1.82, 2.24) is 4.90 Å². The molecule has 5 heteroatoms. The lowest BCUT2D eigenvalue weighted by molar-refractivity contribution is -0.0476. The van der Waals surface area contributed by atoms with Crippen molar-refractivity contribution < 1.29 is 14.6 Å². The molecule has 122 valence electrons. The van der Waals surface area contributed by atoms with E-state index in [1.807, 2.05) is 51.1 Å². The summed E-state index contributed by atoms with van der Waals surface area (Å²) in [6.45, 7) is 6.43. The van der Waals surface area contributed by atoms with Crippen molar-refractivity contribution in [2.24, 2.45) is 5.73 Å². The molecule has 5 nitrogen and oxygen atoms in total. The fourth-order valence-electron chi connectivity index (χ4n) is 2.68. The van der Waals surface area contributed by atoms with E-state index in [0.717, 1.165) is 5.56 Å². The van der Waals surface area contributed by atoms with Crippen LogP contribution in [0.5, 0.6) is 0 Å². The molecule has 1 atom stereocenters. The molecule has 0 spiro atoms. The number of nitrogens with two attached hydrogens (primary N) is 1. The van der Waals surface area contributed by atoms with Crippen LogP contribution in [0.3, 0.4) is 0 Å². The molecule has 1 fully saturated rings. The number of carbonyl (C=O) groups excluding carboxylic acids is 1. The van der Waals surface area contributed by atoms with Gasteiger partial charge in [0.05, 0.1) is 11.6 Å². The van der Waals surface area contributed by atoms with Gasteiger partial charge < -0.3 is 20.5 Å². The van der Waals surface area contributed by atoms with Crippen molar-refractivity contribution in [3.05, 3.63) is 35.9 Å². The lowest BCUT2D eigenvalue weighted by Gasteiger charge is -2.41. The molecule has 1 heterocycles. The van der Waals surface area contributed by atoms with Crippen LogP contribution >= 0.6 is 0 Å². The van der Waals surface area contributed by atoms with Crippen molar-refractivity contribution in [2.75, 3.05) is 13.1 Å². The van der Waals surface area contributed by atoms with Crippen LogP contribution in [0.15, 0.2) is 30.3 Å². The highest BCUT2D eigenvalue weighted by atomic mass is 16.6. The van der Waals surface area contributed by atoms with Gasteiger partial charge in [0.25, 0.3) is 0 Å². The molecule has 3 N–H and O–H groups in total. The van der Waals surface area contributed by atoms with Crippen LogP contribution in [0.2, 0.25) is 0 Å². The summed E-state index contributed by atoms with van der Waals surface area (Å²) in [4.78, 5) is 13.7. The van der Waals surface area contributed by atoms with Crippen LogP contribution in [-0.2, 0) is 4.74 Å². The number of carbonyl (C=O) groups is 1. The quantitative estimate of drug-likeness (QED) is 0.880. The summed E-state index contributed by atoms with van der Waals surface area (Å²) < 4.78 is 5.36. The third-order valence-corrected chi connectivity index (χ3v) is 4.02. The molecule has 1 saturated heterocycles. The Morgan fingerprint density at radius 2 is 1.82 bits per heavy atom. The van der Waals surface area contributed by atoms with Gasteiger partial charge >= 0.3 is 6.09 Å². The first kappa shape index (κ1) is 16.8. The molecule has 0 aliphatic carbocycles. The van der Waals surface area contributed by atoms with E-state index in [2.05, 4.69) is 0 Å². The Morgan fingerprint density at radius 3 is 2.32 bits per heavy atom. The Labute approximate surface area is 132 Å². The molecule has 0 radical (unpaired) electrons. The normalized spacial score (nSPS) is 19.6. The summed E-state index contributed by atoms with van der Waals surface area (Å²) in [5.74, 6) is 0. The van der Waals surface area contributed by atoms with Gasteiger partial charge in [0, 0.05) is 13.1 Å². The number of likely N-dealkylation sites (tertiary alicyclic amines) is 1. The summed E-state index contributed by atoms with van der Waals surface area (Å²) in [5, 5.41) is 10.8. The monoisotopic (exact) mass is 306 g/mol. The number of nitrogens with zero attached hydrogens (tertiary/aromatic N) is 1. The summed E-state index contributed by atoms with van der Waals surface area (Å²) in [5.41, 5.74) is 5.66. The third-order valence-electron chi connectivity index (χ3n) is 4.02. The van der Waals surface area contributed by atoms with Crippen LogP contribution in [0.25, 0.3) is 0 Å². The van der Waals surface area contributed by atoms with Gasteiger partial charge in [-0.1, -0.05) is 30.3 Å². The zero-order valence-electron chi connectivity index (χ0n) is 13.6. The molecule has 2 rings (SSSR count). The molecule has 1 aliphatic rings. The highest BCUT2D eigenvalue weighted by Gasteiger charge is 2.40. The van der Waals surface area contributed by atoms with Gasteiger partial charge in [0.1, 0.15) is 5.60 Å². The molecule has 1 unspecified atom stereocenters. The lowest BCUT2D eigenvalue weighted by Crippen LogP contribution is -2.52. The first-order chi connectivity index (χ1) is 10.2. The molecule has 0 bridgehead atoms. The Bertz CT molecular complexity index is 502. The van der Waals surface area contributed by atoms with E-state index in [1.54, 1.807) is 4.90 Å². The maximum absolute atomic E-state index is 12.1. The topological polar surface area (TPSA) is 75.8 Å². The number of hydrogen-bond donors (Lipinski definition) is 2. The Hall–Kier alpha value is -1.59. The van der Waals surface area contributed by atoms with Crippen molar-refractivity contribution in [1.29, 1.82) is 0 Å². The molecular weight excluding hydrogens is 280 g/mol. The zero-order chi connectivity index (χ0) is 16.4. The van der Waals surface area contributed by atoms with Crippen molar-refractivity contribution >= 4 is 6.09 Å². The third kappa shape index (κ3) is 3.99. The van der Waals surface area contributed by atoms with Gasteiger partial charge in [0.15, 0.2) is 0 Å². The lowest BCUT2D eigenvalue weighted by atomic mass is 9.81. The minimum atomic E-state index is -0.986. The fourth-order valence-corrected chi connectivity index (χ4v) is 2.68. The molecular formula is C17H26N2O3. The predicted molar refractivity (Wildman–Crippen MR) is 85.4 cm³/mol. The number of aliphatic hydroxyl groups is 1. The van der Waals surface area contributed by atoms with Crippen molar-refractivity contribution in [3.8, 4) is 0 Å². The number of benzene rings is 1. The average Bonchev–Trinajstić information content (AvgIpc) is 2.46. The molecule has 1 aromatic rings. The van der Waals surface area contributed by atoms with Crippen LogP contribution in [-0.4, -0.2) is 40.4 Å². The van der Waals surface area contributed by atoms with E-state index < -0.39 is 17.2 Å². The largest absolute Gasteiger partial charge is 0.444 e. The fraction of sp³-hybridized carbons (Fsp3) is 0.588. The molecule has 1 amide bonds. The Morgan fingerprint density at radius 1 is 1.27 bits per heavy atom. The van der Waals surface area contributed by atoms with Gasteiger partial charge in [0.2, 0.25) is 0 Å². The van der Waals surface area contributed by atoms with Crippen LogP contribution in [0.4, 0.5) is 4.79 Å². The Balaban J connectivity index is 1.97. The Kier molecular flexibility index (Phi) is 4.78. The zero-order valence-corrected chi connectivity index (χ0v) is 13.6. The number of piperidine rings is 1. The number of ether oxygens (including phenoxy) is 1. The maximum atomic E-state index is 12.1. The summed E-state index contributed by atoms with van der Waals surface area (Å²) >= 11 is 0. The van der Waals surface area contributed by atoms with Gasteiger partial charge in [-0.2, -0.15) is 0 Å². The van der Waals surface area contributed by atoms with Gasteiger partial charge in [-0.05, 0) is 39.2 Å². The summed E-state index contributed by atoms with van der Waals surface area (Å²) in [7, 11) is 0. The van der Waals surface area contributed by atoms with E-state index in [0.29, 0.717) is 25.9 Å². The summed E-state index contributed by atoms with van der Waals surface area (Å²) in [6.07, 6.45) is 0.563. The first-order valence-electron chi connectivity index (χ1n) is 7.72. The second kappa shape index (κ2) is 6.26. The minimum Gasteiger partial charge on any atom is -0.444 e. The number of amides is 1. The number of rotatable bonds is 2. The highest BCUT2D eigenvalue weighted by molar-refractivity contribution is 5.68. The van der Waals surface area contributed by atoms with Crippen LogP contribution in [0.1, 0.15) is 45.2 Å². The standard InChI is InChI=1S/C17H26N2O3/c1-16(2,3)22-15(20)19-11-9-17(21,10-12-19)14(18)13-7-5-4-6-8-13/h4-8,14,21H,9-12,18H2,1-3H3. The molecule has 1 aromatic carbocycles. The van der Waals surface area contributed by atoms with Crippen LogP contribution in [0, 0.1) is 0 Å². The van der Waals surface area contributed by atoms with E-state index in [9.17, 15) is 9.90 Å². The highest BCUT2D eigenvalue weighted by Crippen LogP contribution is 2.33. The predicted octanol–water partition coefficient (Wildman–Crippen LogP) is 2.45. The maximum Gasteiger partial charge on any atom is 0.410 e. The minimum absolute atomic E-state index is 0.331. The smallest absolute Gasteiger partial charge is 0.410 e. The van der Waals surface area contributed by atoms with E-state index in [4.69, 9.17) is 10.5 Å². The first-order valence-corrected chi connectivity index (χ1v) is 7.72.